The Balaban J connectivity index is 2.19. The lowest BCUT2D eigenvalue weighted by Gasteiger charge is -2.16. The molecule has 0 amide bonds. The van der Waals surface area contributed by atoms with Crippen molar-refractivity contribution < 1.29 is 9.47 Å². The van der Waals surface area contributed by atoms with Crippen LogP contribution in [0, 0.1) is 0 Å². The fourth-order valence-corrected chi connectivity index (χ4v) is 2.11. The Morgan fingerprint density at radius 1 is 1.53 bits per heavy atom. The molecule has 0 spiro atoms. The molecular weight excluding hydrogens is 330 g/mol. The first kappa shape index (κ1) is 14.7. The summed E-state index contributed by atoms with van der Waals surface area (Å²) in [4.78, 5) is 0. The lowest BCUT2D eigenvalue weighted by molar-refractivity contribution is 0.320. The van der Waals surface area contributed by atoms with E-state index in [0.29, 0.717) is 23.4 Å². The van der Waals surface area contributed by atoms with Crippen LogP contribution in [0.4, 0.5) is 0 Å². The first-order chi connectivity index (χ1) is 9.10. The predicted molar refractivity (Wildman–Crippen MR) is 81.4 cm³/mol. The van der Waals surface area contributed by atoms with E-state index in [-0.39, 0.29) is 0 Å². The molecule has 104 valence electrons. The van der Waals surface area contributed by atoms with Crippen molar-refractivity contribution in [3.05, 3.63) is 33.8 Å². The van der Waals surface area contributed by atoms with Crippen molar-refractivity contribution in [2.24, 2.45) is 0 Å². The van der Waals surface area contributed by atoms with Gasteiger partial charge in [-0.2, -0.15) is 0 Å². The molecule has 3 nitrogen and oxygen atoms in total. The maximum Gasteiger partial charge on any atom is 0.166 e. The van der Waals surface area contributed by atoms with Crippen LogP contribution in [0.3, 0.4) is 0 Å². The van der Waals surface area contributed by atoms with Crippen molar-refractivity contribution in [2.45, 2.75) is 25.4 Å². The van der Waals surface area contributed by atoms with Gasteiger partial charge in [-0.3, -0.25) is 0 Å². The third-order valence-electron chi connectivity index (χ3n) is 2.85. The highest BCUT2D eigenvalue weighted by Gasteiger charge is 2.21. The van der Waals surface area contributed by atoms with E-state index in [2.05, 4.69) is 27.8 Å². The highest BCUT2D eigenvalue weighted by atomic mass is 79.9. The van der Waals surface area contributed by atoms with Gasteiger partial charge < -0.3 is 14.8 Å². The molecule has 19 heavy (non-hydrogen) atoms. The summed E-state index contributed by atoms with van der Waals surface area (Å²) in [5.41, 5.74) is 1.00. The zero-order valence-electron chi connectivity index (χ0n) is 10.8. The summed E-state index contributed by atoms with van der Waals surface area (Å²) in [7, 11) is 1.61. The van der Waals surface area contributed by atoms with Gasteiger partial charge in [-0.1, -0.05) is 34.1 Å². The number of benzene rings is 1. The van der Waals surface area contributed by atoms with E-state index in [4.69, 9.17) is 21.1 Å². The fourth-order valence-electron chi connectivity index (χ4n) is 1.76. The minimum Gasteiger partial charge on any atom is -0.493 e. The van der Waals surface area contributed by atoms with Crippen molar-refractivity contribution >= 4 is 27.5 Å². The molecule has 1 N–H and O–H groups in total. The third-order valence-corrected chi connectivity index (χ3v) is 3.30. The Kier molecular flexibility index (Phi) is 5.13. The Morgan fingerprint density at radius 2 is 2.26 bits per heavy atom. The van der Waals surface area contributed by atoms with E-state index >= 15 is 0 Å². The molecule has 1 aliphatic rings. The van der Waals surface area contributed by atoms with Crippen molar-refractivity contribution in [3.63, 3.8) is 0 Å². The van der Waals surface area contributed by atoms with Gasteiger partial charge in [0.05, 0.1) is 7.11 Å². The van der Waals surface area contributed by atoms with E-state index in [1.54, 1.807) is 13.2 Å². The van der Waals surface area contributed by atoms with Crippen molar-refractivity contribution in [3.8, 4) is 11.5 Å². The normalized spacial score (nSPS) is 14.3. The van der Waals surface area contributed by atoms with E-state index in [9.17, 15) is 0 Å². The average Bonchev–Trinajstić information content (AvgIpc) is 3.17. The first-order valence-corrected chi connectivity index (χ1v) is 7.33. The topological polar surface area (TPSA) is 30.5 Å². The minimum atomic E-state index is 0.397. The SMILES string of the molecule is C=C(Br)COc1c(CNC2CC2)cc(Cl)cc1OC. The Morgan fingerprint density at radius 3 is 2.84 bits per heavy atom. The summed E-state index contributed by atoms with van der Waals surface area (Å²) in [6, 6.07) is 4.30. The Labute approximate surface area is 127 Å². The van der Waals surface area contributed by atoms with Gasteiger partial charge in [0, 0.05) is 33.7 Å². The van der Waals surface area contributed by atoms with Crippen LogP contribution in [-0.2, 0) is 6.54 Å². The molecule has 0 radical (unpaired) electrons. The number of hydrogen-bond donors (Lipinski definition) is 1. The summed E-state index contributed by atoms with van der Waals surface area (Å²) in [5.74, 6) is 1.37. The quantitative estimate of drug-likeness (QED) is 0.812. The van der Waals surface area contributed by atoms with Gasteiger partial charge in [-0.05, 0) is 18.9 Å². The summed E-state index contributed by atoms with van der Waals surface area (Å²) in [6.45, 7) is 4.89. The molecule has 1 aromatic carbocycles. The predicted octanol–water partition coefficient (Wildman–Crippen LogP) is 3.89. The molecule has 1 aromatic rings. The maximum absolute atomic E-state index is 6.10. The molecule has 0 heterocycles. The molecule has 0 bridgehead atoms. The van der Waals surface area contributed by atoms with Crippen LogP contribution in [0.5, 0.6) is 11.5 Å². The number of hydrogen-bond acceptors (Lipinski definition) is 3. The monoisotopic (exact) mass is 345 g/mol. The van der Waals surface area contributed by atoms with Gasteiger partial charge in [0.25, 0.3) is 0 Å². The van der Waals surface area contributed by atoms with Gasteiger partial charge in [-0.15, -0.1) is 0 Å². The fraction of sp³-hybridized carbons (Fsp3) is 0.429. The van der Waals surface area contributed by atoms with Crippen LogP contribution in [-0.4, -0.2) is 19.8 Å². The maximum atomic E-state index is 6.10. The molecule has 1 aliphatic carbocycles. The van der Waals surface area contributed by atoms with E-state index < -0.39 is 0 Å². The molecule has 0 unspecified atom stereocenters. The van der Waals surface area contributed by atoms with Crippen LogP contribution >= 0.6 is 27.5 Å². The lowest BCUT2D eigenvalue weighted by Crippen LogP contribution is -2.16. The van der Waals surface area contributed by atoms with Crippen LogP contribution < -0.4 is 14.8 Å². The molecule has 0 aliphatic heterocycles. The van der Waals surface area contributed by atoms with Crippen molar-refractivity contribution in [1.29, 1.82) is 0 Å². The molecule has 5 heteroatoms. The summed E-state index contributed by atoms with van der Waals surface area (Å²) in [6.07, 6.45) is 2.48. The third kappa shape index (κ3) is 4.41. The second kappa shape index (κ2) is 6.64. The second-order valence-electron chi connectivity index (χ2n) is 4.56. The summed E-state index contributed by atoms with van der Waals surface area (Å²) < 4.78 is 11.9. The molecule has 0 atom stereocenters. The van der Waals surface area contributed by atoms with Crippen LogP contribution in [0.25, 0.3) is 0 Å². The zero-order valence-corrected chi connectivity index (χ0v) is 13.2. The van der Waals surface area contributed by atoms with Gasteiger partial charge in [-0.25, -0.2) is 0 Å². The zero-order chi connectivity index (χ0) is 13.8. The van der Waals surface area contributed by atoms with E-state index in [1.165, 1.54) is 12.8 Å². The number of nitrogens with one attached hydrogen (secondary N) is 1. The number of rotatable bonds is 7. The number of methoxy groups -OCH3 is 1. The standard InChI is InChI=1S/C14H17BrClNO2/c1-9(15)8-19-14-10(7-17-12-3-4-12)5-11(16)6-13(14)18-2/h5-6,12,17H,1,3-4,7-8H2,2H3. The summed E-state index contributed by atoms with van der Waals surface area (Å²) in [5, 5.41) is 4.10. The minimum absolute atomic E-state index is 0.397. The average molecular weight is 347 g/mol. The Hall–Kier alpha value is -0.710. The lowest BCUT2D eigenvalue weighted by atomic mass is 10.2. The largest absolute Gasteiger partial charge is 0.493 e. The molecule has 1 fully saturated rings. The van der Waals surface area contributed by atoms with Crippen LogP contribution in [0.2, 0.25) is 5.02 Å². The van der Waals surface area contributed by atoms with Gasteiger partial charge >= 0.3 is 0 Å². The Bertz CT molecular complexity index is 475. The van der Waals surface area contributed by atoms with Crippen molar-refractivity contribution in [1.82, 2.24) is 5.32 Å². The van der Waals surface area contributed by atoms with Gasteiger partial charge in [0.15, 0.2) is 11.5 Å². The molecule has 2 rings (SSSR count). The highest BCUT2D eigenvalue weighted by Crippen LogP contribution is 2.35. The van der Waals surface area contributed by atoms with Gasteiger partial charge in [0.1, 0.15) is 6.61 Å². The first-order valence-electron chi connectivity index (χ1n) is 6.16. The molecule has 0 aromatic heterocycles. The van der Waals surface area contributed by atoms with Crippen LogP contribution in [0.1, 0.15) is 18.4 Å². The molecular formula is C14H17BrClNO2. The van der Waals surface area contributed by atoms with Crippen LogP contribution in [0.15, 0.2) is 23.2 Å². The summed E-state index contributed by atoms with van der Waals surface area (Å²) >= 11 is 9.39. The van der Waals surface area contributed by atoms with E-state index in [0.717, 1.165) is 22.3 Å². The smallest absolute Gasteiger partial charge is 0.166 e. The number of ether oxygens (including phenoxy) is 2. The molecule has 0 saturated heterocycles. The van der Waals surface area contributed by atoms with Gasteiger partial charge in [0.2, 0.25) is 0 Å². The van der Waals surface area contributed by atoms with E-state index in [1.807, 2.05) is 6.07 Å². The second-order valence-corrected chi connectivity index (χ2v) is 6.12. The molecule has 1 saturated carbocycles. The highest BCUT2D eigenvalue weighted by molar-refractivity contribution is 9.11. The number of halogens is 2. The van der Waals surface area contributed by atoms with Crippen molar-refractivity contribution in [2.75, 3.05) is 13.7 Å².